The third-order valence-corrected chi connectivity index (χ3v) is 17.9. The molecule has 1 N–H and O–H groups in total. The quantitative estimate of drug-likeness (QED) is 0.189. The van der Waals surface area contributed by atoms with Gasteiger partial charge in [0.25, 0.3) is 0 Å². The summed E-state index contributed by atoms with van der Waals surface area (Å²) in [4.78, 5) is 27.8. The predicted molar refractivity (Wildman–Crippen MR) is 237 cm³/mol. The van der Waals surface area contributed by atoms with E-state index < -0.39 is 17.7 Å². The van der Waals surface area contributed by atoms with Crippen molar-refractivity contribution < 1.29 is 28.9 Å². The number of aliphatic hydroxyl groups is 1. The maximum Gasteiger partial charge on any atom is 0.339 e. The van der Waals surface area contributed by atoms with Crippen molar-refractivity contribution in [3.05, 3.63) is 64.7 Å². The summed E-state index contributed by atoms with van der Waals surface area (Å²) in [5.74, 6) is -0.286. The summed E-state index contributed by atoms with van der Waals surface area (Å²) in [6, 6.07) is 10.9. The molecule has 0 saturated heterocycles. The van der Waals surface area contributed by atoms with Crippen molar-refractivity contribution in [2.45, 2.75) is 143 Å². The highest BCUT2D eigenvalue weighted by Crippen LogP contribution is 2.76. The summed E-state index contributed by atoms with van der Waals surface area (Å²) < 4.78 is 20.7. The SMILES string of the molecule is COC(C)(C)CCC[C@@](C)(O)[C@H]1CC[C@]2(C)[C@@H]1[C@H](OC(=O)c1cc(I)ccc1Cl)C[C@@H]1[C@@]3(C)CC[C@H](OC(=O)c4cc(I)ccc4Cl)C(C)(C)[C@@H]3CC[C@]12C. The second-order valence-corrected chi connectivity index (χ2v) is 22.8. The standard InChI is InChI=1S/C45H60Cl2I2O6/c1-40(2,53-9)18-10-19-45(8,52)30-15-21-44(7)37(30)33(54-38(50)28-23-26(48)11-13-31(28)46)25-35-42(5)20-17-36(41(3,4)34(42)16-22-43(35,44)6)55-39(51)29-24-27(49)12-14-32(29)47/h11-14,23-24,30,33-37,52H,10,15-22,25H2,1-9H3/t30-,33+,34-,35+,36-,37-,42-,43+,44+,45+/m0/s1. The smallest absolute Gasteiger partial charge is 0.339 e. The van der Waals surface area contributed by atoms with Crippen molar-refractivity contribution in [1.29, 1.82) is 0 Å². The van der Waals surface area contributed by atoms with Gasteiger partial charge >= 0.3 is 11.9 Å². The molecular formula is C45H60Cl2I2O6. The van der Waals surface area contributed by atoms with Crippen LogP contribution in [0.5, 0.6) is 0 Å². The van der Waals surface area contributed by atoms with Gasteiger partial charge in [-0.2, -0.15) is 0 Å². The number of benzene rings is 2. The molecule has 304 valence electrons. The van der Waals surface area contributed by atoms with Crippen LogP contribution >= 0.6 is 68.4 Å². The second kappa shape index (κ2) is 15.7. The predicted octanol–water partition coefficient (Wildman–Crippen LogP) is 12.6. The number of halogens is 4. The minimum absolute atomic E-state index is 0.0198. The Balaban J connectivity index is 1.34. The molecule has 4 fully saturated rings. The van der Waals surface area contributed by atoms with Gasteiger partial charge < -0.3 is 19.3 Å². The number of ether oxygens (including phenoxy) is 3. The molecule has 2 aromatic carbocycles. The van der Waals surface area contributed by atoms with Gasteiger partial charge in [0.1, 0.15) is 12.2 Å². The van der Waals surface area contributed by atoms with E-state index in [2.05, 4.69) is 93.6 Å². The second-order valence-electron chi connectivity index (χ2n) is 19.5. The van der Waals surface area contributed by atoms with Gasteiger partial charge in [-0.1, -0.05) is 57.8 Å². The van der Waals surface area contributed by atoms with E-state index >= 15 is 0 Å². The van der Waals surface area contributed by atoms with Crippen LogP contribution in [-0.2, 0) is 14.2 Å². The molecule has 6 nitrogen and oxygen atoms in total. The Labute approximate surface area is 366 Å². The van der Waals surface area contributed by atoms with Crippen molar-refractivity contribution in [2.24, 2.45) is 45.3 Å². The molecule has 0 unspecified atom stereocenters. The van der Waals surface area contributed by atoms with Crippen molar-refractivity contribution in [3.63, 3.8) is 0 Å². The van der Waals surface area contributed by atoms with Crippen molar-refractivity contribution >= 4 is 80.3 Å². The van der Waals surface area contributed by atoms with Gasteiger partial charge in [0, 0.05) is 25.6 Å². The van der Waals surface area contributed by atoms with E-state index in [1.54, 1.807) is 25.3 Å². The highest BCUT2D eigenvalue weighted by atomic mass is 127. The van der Waals surface area contributed by atoms with E-state index in [1.807, 2.05) is 25.1 Å². The molecule has 6 rings (SSSR count). The third-order valence-electron chi connectivity index (χ3n) is 15.9. The number of hydrogen-bond acceptors (Lipinski definition) is 6. The van der Waals surface area contributed by atoms with Gasteiger partial charge in [-0.15, -0.1) is 0 Å². The molecule has 10 heteroatoms. The summed E-state index contributed by atoms with van der Waals surface area (Å²) >= 11 is 17.5. The van der Waals surface area contributed by atoms with E-state index in [4.69, 9.17) is 37.4 Å². The van der Waals surface area contributed by atoms with Crippen LogP contribution in [0.15, 0.2) is 36.4 Å². The van der Waals surface area contributed by atoms with Gasteiger partial charge in [0.15, 0.2) is 0 Å². The summed E-state index contributed by atoms with van der Waals surface area (Å²) in [5, 5.41) is 13.2. The van der Waals surface area contributed by atoms with Crippen molar-refractivity contribution in [2.75, 3.05) is 7.11 Å². The van der Waals surface area contributed by atoms with Crippen LogP contribution in [0.25, 0.3) is 0 Å². The van der Waals surface area contributed by atoms with Crippen LogP contribution in [0.2, 0.25) is 10.0 Å². The lowest BCUT2D eigenvalue weighted by molar-refractivity contribution is -0.246. The number of fused-ring (bicyclic) bond motifs is 5. The Morgan fingerprint density at radius 3 is 1.95 bits per heavy atom. The van der Waals surface area contributed by atoms with Crippen LogP contribution in [0.4, 0.5) is 0 Å². The highest BCUT2D eigenvalue weighted by Gasteiger charge is 2.72. The Hall–Kier alpha value is -0.660. The first-order chi connectivity index (χ1) is 25.5. The van der Waals surface area contributed by atoms with Crippen LogP contribution in [0.1, 0.15) is 140 Å². The largest absolute Gasteiger partial charge is 0.458 e. The Kier molecular flexibility index (Phi) is 12.6. The van der Waals surface area contributed by atoms with Crippen LogP contribution < -0.4 is 0 Å². The lowest BCUT2D eigenvalue weighted by Gasteiger charge is -2.70. The fourth-order valence-electron chi connectivity index (χ4n) is 12.6. The van der Waals surface area contributed by atoms with Crippen LogP contribution in [-0.4, -0.2) is 47.6 Å². The molecule has 4 aliphatic carbocycles. The highest BCUT2D eigenvalue weighted by molar-refractivity contribution is 14.1. The molecule has 0 radical (unpaired) electrons. The molecule has 2 aromatic rings. The minimum atomic E-state index is -0.940. The molecule has 4 saturated carbocycles. The average molecular weight is 1020 g/mol. The zero-order valence-electron chi connectivity index (χ0n) is 34.0. The van der Waals surface area contributed by atoms with E-state index in [1.165, 1.54) is 0 Å². The molecule has 0 aromatic heterocycles. The maximum atomic E-state index is 14.2. The molecule has 0 aliphatic heterocycles. The van der Waals surface area contributed by atoms with Crippen LogP contribution in [0, 0.1) is 52.5 Å². The molecule has 0 spiro atoms. The van der Waals surface area contributed by atoms with Gasteiger partial charge in [0.2, 0.25) is 0 Å². The first-order valence-electron chi connectivity index (χ1n) is 20.1. The zero-order chi connectivity index (χ0) is 40.5. The summed E-state index contributed by atoms with van der Waals surface area (Å²) in [5.41, 5.74) is -1.03. The molecule has 0 bridgehead atoms. The van der Waals surface area contributed by atoms with Gasteiger partial charge in [-0.25, -0.2) is 9.59 Å². The number of methoxy groups -OCH3 is 1. The Morgan fingerprint density at radius 1 is 0.800 bits per heavy atom. The van der Waals surface area contributed by atoms with Gasteiger partial charge in [-0.05, 0) is 201 Å². The maximum absolute atomic E-state index is 14.2. The summed E-state index contributed by atoms with van der Waals surface area (Å²) in [7, 11) is 1.75. The number of carbonyl (C=O) groups is 2. The Bertz CT molecular complexity index is 1800. The topological polar surface area (TPSA) is 82.1 Å². The molecule has 10 atom stereocenters. The first kappa shape index (κ1) is 43.9. The fraction of sp³-hybridized carbons (Fsp3) is 0.689. The Morgan fingerprint density at radius 2 is 1.36 bits per heavy atom. The molecule has 4 aliphatic rings. The first-order valence-corrected chi connectivity index (χ1v) is 23.0. The van der Waals surface area contributed by atoms with Crippen molar-refractivity contribution in [3.8, 4) is 0 Å². The summed E-state index contributed by atoms with van der Waals surface area (Å²) in [6.07, 6.45) is 7.96. The molecule has 0 heterocycles. The zero-order valence-corrected chi connectivity index (χ0v) is 39.8. The van der Waals surface area contributed by atoms with E-state index in [0.29, 0.717) is 27.6 Å². The van der Waals surface area contributed by atoms with Crippen LogP contribution in [0.3, 0.4) is 0 Å². The number of hydrogen-bond donors (Lipinski definition) is 1. The van der Waals surface area contributed by atoms with Gasteiger partial charge in [-0.3, -0.25) is 0 Å². The fourth-order valence-corrected chi connectivity index (χ4v) is 14.0. The molecule has 0 amide bonds. The van der Waals surface area contributed by atoms with Crippen molar-refractivity contribution in [1.82, 2.24) is 0 Å². The number of rotatable bonds is 10. The average Bonchev–Trinajstić information content (AvgIpc) is 3.49. The van der Waals surface area contributed by atoms with E-state index in [9.17, 15) is 14.7 Å². The third kappa shape index (κ3) is 7.91. The number of esters is 2. The lowest BCUT2D eigenvalue weighted by Crippen LogP contribution is -2.67. The number of carbonyl (C=O) groups excluding carboxylic acids is 2. The normalized spacial score (nSPS) is 35.2. The summed E-state index contributed by atoms with van der Waals surface area (Å²) in [6.45, 7) is 18.2. The molecule has 55 heavy (non-hydrogen) atoms. The monoisotopic (exact) mass is 1020 g/mol. The van der Waals surface area contributed by atoms with E-state index in [-0.39, 0.29) is 63.0 Å². The minimum Gasteiger partial charge on any atom is -0.458 e. The molecular weight excluding hydrogens is 961 g/mol. The van der Waals surface area contributed by atoms with Gasteiger partial charge in [0.05, 0.1) is 32.4 Å². The van der Waals surface area contributed by atoms with E-state index in [0.717, 1.165) is 64.9 Å². The lowest BCUT2D eigenvalue weighted by atomic mass is 9.35.